The van der Waals surface area contributed by atoms with Crippen molar-refractivity contribution in [3.8, 4) is 11.5 Å². The molecule has 0 aliphatic rings. The third kappa shape index (κ3) is 3.39. The van der Waals surface area contributed by atoms with Crippen LogP contribution < -0.4 is 0 Å². The maximum Gasteiger partial charge on any atom is 0.146 e. The van der Waals surface area contributed by atoms with E-state index >= 15 is 0 Å². The van der Waals surface area contributed by atoms with Crippen molar-refractivity contribution in [3.63, 3.8) is 0 Å². The van der Waals surface area contributed by atoms with Crippen LogP contribution >= 0.6 is 15.9 Å². The SMILES string of the molecule is CC(C)[Si](C#Cc1nccc2cccc(Br)c12)(C(C)C)C(C)C. The Kier molecular flexibility index (Phi) is 5.70. The molecule has 23 heavy (non-hydrogen) atoms. The fraction of sp³-hybridized carbons (Fsp3) is 0.450. The van der Waals surface area contributed by atoms with E-state index in [-0.39, 0.29) is 0 Å². The summed E-state index contributed by atoms with van der Waals surface area (Å²) in [6.07, 6.45) is 1.86. The molecule has 1 aromatic heterocycles. The summed E-state index contributed by atoms with van der Waals surface area (Å²) >= 11 is 3.66. The summed E-state index contributed by atoms with van der Waals surface area (Å²) < 4.78 is 1.07. The van der Waals surface area contributed by atoms with E-state index in [0.717, 1.165) is 15.6 Å². The van der Waals surface area contributed by atoms with E-state index in [0.29, 0.717) is 16.6 Å². The van der Waals surface area contributed by atoms with E-state index in [9.17, 15) is 0 Å². The van der Waals surface area contributed by atoms with E-state index in [1.807, 2.05) is 12.3 Å². The van der Waals surface area contributed by atoms with Crippen molar-refractivity contribution in [1.29, 1.82) is 0 Å². The van der Waals surface area contributed by atoms with Gasteiger partial charge < -0.3 is 0 Å². The average Bonchev–Trinajstić information content (AvgIpc) is 2.47. The first-order valence-corrected chi connectivity index (χ1v) is 11.4. The number of benzene rings is 1. The average molecular weight is 388 g/mol. The molecule has 0 unspecified atom stereocenters. The molecule has 0 N–H and O–H groups in total. The van der Waals surface area contributed by atoms with Crippen molar-refractivity contribution in [1.82, 2.24) is 4.98 Å². The molecule has 1 aromatic carbocycles. The molecule has 0 aliphatic carbocycles. The molecule has 2 aromatic rings. The second-order valence-corrected chi connectivity index (χ2v) is 13.6. The van der Waals surface area contributed by atoms with Crippen LogP contribution in [0.15, 0.2) is 34.9 Å². The number of hydrogen-bond acceptors (Lipinski definition) is 1. The third-order valence-electron chi connectivity index (χ3n) is 5.00. The lowest BCUT2D eigenvalue weighted by atomic mass is 10.1. The molecular weight excluding hydrogens is 362 g/mol. The molecule has 0 amide bonds. The van der Waals surface area contributed by atoms with Crippen LogP contribution in [0, 0.1) is 11.5 Å². The molecule has 122 valence electrons. The van der Waals surface area contributed by atoms with Crippen LogP contribution in [0.25, 0.3) is 10.8 Å². The zero-order chi connectivity index (χ0) is 17.2. The van der Waals surface area contributed by atoms with Crippen molar-refractivity contribution in [2.45, 2.75) is 58.2 Å². The van der Waals surface area contributed by atoms with Crippen LogP contribution in [0.2, 0.25) is 16.6 Å². The van der Waals surface area contributed by atoms with Gasteiger partial charge in [0.1, 0.15) is 13.8 Å². The maximum absolute atomic E-state index is 4.57. The number of aromatic nitrogens is 1. The van der Waals surface area contributed by atoms with Gasteiger partial charge in [0.2, 0.25) is 0 Å². The van der Waals surface area contributed by atoms with E-state index in [2.05, 4.69) is 92.1 Å². The second-order valence-electron chi connectivity index (χ2n) is 7.14. The van der Waals surface area contributed by atoms with Gasteiger partial charge in [-0.15, -0.1) is 5.54 Å². The Morgan fingerprint density at radius 1 is 0.957 bits per heavy atom. The van der Waals surface area contributed by atoms with Crippen molar-refractivity contribution in [2.24, 2.45) is 0 Å². The topological polar surface area (TPSA) is 12.9 Å². The fourth-order valence-corrected chi connectivity index (χ4v) is 9.65. The zero-order valence-electron chi connectivity index (χ0n) is 14.9. The molecule has 0 atom stereocenters. The van der Waals surface area contributed by atoms with Gasteiger partial charge in [-0.25, -0.2) is 4.98 Å². The molecule has 1 heterocycles. The van der Waals surface area contributed by atoms with Crippen LogP contribution in [0.3, 0.4) is 0 Å². The Morgan fingerprint density at radius 2 is 1.57 bits per heavy atom. The number of pyridine rings is 1. The van der Waals surface area contributed by atoms with Gasteiger partial charge in [0.15, 0.2) is 0 Å². The lowest BCUT2D eigenvalue weighted by Crippen LogP contribution is -2.43. The van der Waals surface area contributed by atoms with Gasteiger partial charge in [0.05, 0.1) is 0 Å². The normalized spacial score (nSPS) is 12.1. The van der Waals surface area contributed by atoms with E-state index < -0.39 is 8.07 Å². The number of halogens is 1. The predicted molar refractivity (Wildman–Crippen MR) is 107 cm³/mol. The minimum Gasteiger partial charge on any atom is -0.247 e. The van der Waals surface area contributed by atoms with Crippen molar-refractivity contribution in [2.75, 3.05) is 0 Å². The first-order chi connectivity index (χ1) is 10.8. The van der Waals surface area contributed by atoms with Gasteiger partial charge in [0, 0.05) is 16.1 Å². The Bertz CT molecular complexity index is 726. The summed E-state index contributed by atoms with van der Waals surface area (Å²) in [5.41, 5.74) is 6.57. The van der Waals surface area contributed by atoms with Crippen LogP contribution in [-0.2, 0) is 0 Å². The van der Waals surface area contributed by atoms with Crippen molar-refractivity contribution < 1.29 is 0 Å². The molecule has 1 nitrogen and oxygen atoms in total. The Morgan fingerprint density at radius 3 is 2.13 bits per heavy atom. The predicted octanol–water partition coefficient (Wildman–Crippen LogP) is 6.57. The van der Waals surface area contributed by atoms with Gasteiger partial charge in [-0.05, 0) is 34.1 Å². The Hall–Kier alpha value is -1.11. The molecule has 0 radical (unpaired) electrons. The molecule has 0 aliphatic heterocycles. The fourth-order valence-electron chi connectivity index (χ4n) is 3.88. The van der Waals surface area contributed by atoms with Crippen LogP contribution in [0.1, 0.15) is 47.2 Å². The van der Waals surface area contributed by atoms with Gasteiger partial charge in [-0.3, -0.25) is 0 Å². The van der Waals surface area contributed by atoms with Gasteiger partial charge in [-0.1, -0.05) is 75.5 Å². The minimum atomic E-state index is -1.73. The highest BCUT2D eigenvalue weighted by Crippen LogP contribution is 2.40. The van der Waals surface area contributed by atoms with Crippen LogP contribution in [-0.4, -0.2) is 13.1 Å². The highest BCUT2D eigenvalue weighted by atomic mass is 79.9. The lowest BCUT2D eigenvalue weighted by Gasteiger charge is -2.38. The zero-order valence-corrected chi connectivity index (χ0v) is 17.5. The van der Waals surface area contributed by atoms with E-state index in [4.69, 9.17) is 0 Å². The highest BCUT2D eigenvalue weighted by Gasteiger charge is 2.41. The van der Waals surface area contributed by atoms with Gasteiger partial charge in [-0.2, -0.15) is 0 Å². The summed E-state index contributed by atoms with van der Waals surface area (Å²) in [4.78, 5) is 4.57. The van der Waals surface area contributed by atoms with Crippen molar-refractivity contribution in [3.05, 3.63) is 40.6 Å². The molecule has 2 rings (SSSR count). The summed E-state index contributed by atoms with van der Waals surface area (Å²) in [7, 11) is -1.73. The van der Waals surface area contributed by atoms with Crippen LogP contribution in [0.4, 0.5) is 0 Å². The minimum absolute atomic E-state index is 0.633. The standard InChI is InChI=1S/C20H26BrNSi/c1-14(2)23(15(3)4,16(5)6)13-11-19-20-17(10-12-22-19)8-7-9-18(20)21/h7-10,12,14-16H,1-6H3. The number of nitrogens with zero attached hydrogens (tertiary/aromatic N) is 1. The smallest absolute Gasteiger partial charge is 0.146 e. The summed E-state index contributed by atoms with van der Waals surface area (Å²) in [5, 5.41) is 2.31. The van der Waals surface area contributed by atoms with E-state index in [1.54, 1.807) is 0 Å². The summed E-state index contributed by atoms with van der Waals surface area (Å²) in [6, 6.07) is 8.28. The summed E-state index contributed by atoms with van der Waals surface area (Å²) in [6.45, 7) is 14.0. The summed E-state index contributed by atoms with van der Waals surface area (Å²) in [5.74, 6) is 3.48. The Balaban J connectivity index is 2.65. The molecule has 0 saturated heterocycles. The first-order valence-electron chi connectivity index (χ1n) is 8.37. The quantitative estimate of drug-likeness (QED) is 0.428. The van der Waals surface area contributed by atoms with Gasteiger partial charge in [0.25, 0.3) is 0 Å². The van der Waals surface area contributed by atoms with Crippen molar-refractivity contribution >= 4 is 34.8 Å². The van der Waals surface area contributed by atoms with E-state index in [1.165, 1.54) is 5.39 Å². The lowest BCUT2D eigenvalue weighted by molar-refractivity contribution is 0.838. The molecule has 0 spiro atoms. The number of rotatable bonds is 3. The molecule has 3 heteroatoms. The van der Waals surface area contributed by atoms with Crippen LogP contribution in [0.5, 0.6) is 0 Å². The molecule has 0 fully saturated rings. The number of hydrogen-bond donors (Lipinski definition) is 0. The monoisotopic (exact) mass is 387 g/mol. The van der Waals surface area contributed by atoms with Gasteiger partial charge >= 0.3 is 0 Å². The largest absolute Gasteiger partial charge is 0.247 e. The second kappa shape index (κ2) is 7.19. The third-order valence-corrected chi connectivity index (χ3v) is 12.0. The number of fused-ring (bicyclic) bond motifs is 1. The molecular formula is C20H26BrNSi. The highest BCUT2D eigenvalue weighted by molar-refractivity contribution is 9.10. The molecule has 0 saturated carbocycles. The Labute approximate surface area is 150 Å². The first kappa shape index (κ1) is 18.2. The maximum atomic E-state index is 4.57. The molecule has 0 bridgehead atoms.